The maximum absolute atomic E-state index is 5.67. The molecule has 98 valence electrons. The summed E-state index contributed by atoms with van der Waals surface area (Å²) < 4.78 is 1.06. The highest BCUT2D eigenvalue weighted by atomic mass is 79.9. The molecule has 5 heteroatoms. The molecule has 1 aromatic carbocycles. The average Bonchev–Trinajstić information content (AvgIpc) is 2.39. The van der Waals surface area contributed by atoms with E-state index >= 15 is 0 Å². The number of aromatic nitrogens is 1. The van der Waals surface area contributed by atoms with Crippen molar-refractivity contribution in [2.45, 2.75) is 13.0 Å². The Bertz CT molecular complexity index is 583. The van der Waals surface area contributed by atoms with Crippen molar-refractivity contribution in [3.8, 4) is 0 Å². The van der Waals surface area contributed by atoms with Crippen LogP contribution >= 0.6 is 28.1 Å². The van der Waals surface area contributed by atoms with Gasteiger partial charge in [0.15, 0.2) is 0 Å². The van der Waals surface area contributed by atoms with Gasteiger partial charge in [0.25, 0.3) is 0 Å². The van der Waals surface area contributed by atoms with E-state index < -0.39 is 0 Å². The van der Waals surface area contributed by atoms with Gasteiger partial charge in [-0.05, 0) is 36.8 Å². The van der Waals surface area contributed by atoms with Crippen LogP contribution < -0.4 is 11.1 Å². The zero-order chi connectivity index (χ0) is 13.8. The Morgan fingerprint density at radius 1 is 1.32 bits per heavy atom. The Kier molecular flexibility index (Phi) is 4.50. The molecule has 0 aliphatic carbocycles. The number of hydrogen-bond donors (Lipinski definition) is 2. The third kappa shape index (κ3) is 3.52. The van der Waals surface area contributed by atoms with Crippen LogP contribution in [0.15, 0.2) is 47.1 Å². The van der Waals surface area contributed by atoms with E-state index in [-0.39, 0.29) is 6.04 Å². The fourth-order valence-corrected chi connectivity index (χ4v) is 2.21. The lowest BCUT2D eigenvalue weighted by atomic mass is 10.1. The second-order valence-electron chi connectivity index (χ2n) is 4.18. The van der Waals surface area contributed by atoms with Crippen molar-refractivity contribution in [1.82, 2.24) is 4.98 Å². The topological polar surface area (TPSA) is 50.9 Å². The Balaban J connectivity index is 2.21. The highest BCUT2D eigenvalue weighted by Gasteiger charge is 2.10. The number of anilines is 1. The van der Waals surface area contributed by atoms with E-state index in [0.717, 1.165) is 10.2 Å². The molecule has 1 heterocycles. The lowest BCUT2D eigenvalue weighted by molar-refractivity contribution is 0.881. The zero-order valence-electron chi connectivity index (χ0n) is 10.4. The van der Waals surface area contributed by atoms with E-state index in [1.54, 1.807) is 6.20 Å². The summed E-state index contributed by atoms with van der Waals surface area (Å²) in [6.45, 7) is 2.08. The maximum Gasteiger partial charge on any atom is 0.124 e. The van der Waals surface area contributed by atoms with Crippen molar-refractivity contribution in [1.29, 1.82) is 0 Å². The van der Waals surface area contributed by atoms with Crippen molar-refractivity contribution in [2.75, 3.05) is 5.32 Å². The van der Waals surface area contributed by atoms with Gasteiger partial charge in [-0.3, -0.25) is 4.98 Å². The molecule has 0 saturated carbocycles. The number of rotatable bonds is 4. The van der Waals surface area contributed by atoms with Crippen LogP contribution in [0, 0.1) is 0 Å². The van der Waals surface area contributed by atoms with Crippen molar-refractivity contribution in [3.05, 3.63) is 58.3 Å². The molecule has 0 aliphatic heterocycles. The van der Waals surface area contributed by atoms with Crippen LogP contribution in [0.1, 0.15) is 24.2 Å². The molecular formula is C14H14BrN3S. The van der Waals surface area contributed by atoms with Crippen LogP contribution in [0.4, 0.5) is 5.69 Å². The van der Waals surface area contributed by atoms with Crippen molar-refractivity contribution in [2.24, 2.45) is 5.73 Å². The molecule has 0 fully saturated rings. The minimum atomic E-state index is 0.144. The van der Waals surface area contributed by atoms with Crippen molar-refractivity contribution >= 4 is 38.8 Å². The van der Waals surface area contributed by atoms with Gasteiger partial charge >= 0.3 is 0 Å². The molecule has 2 aromatic rings. The predicted molar refractivity (Wildman–Crippen MR) is 86.3 cm³/mol. The fourth-order valence-electron chi connectivity index (χ4n) is 1.79. The minimum Gasteiger partial charge on any atom is -0.388 e. The molecule has 0 saturated heterocycles. The number of thiocarbonyl (C=S) groups is 1. The van der Waals surface area contributed by atoms with Crippen LogP contribution in [-0.4, -0.2) is 9.97 Å². The molecule has 0 amide bonds. The summed E-state index contributed by atoms with van der Waals surface area (Å²) in [7, 11) is 0. The monoisotopic (exact) mass is 335 g/mol. The number of benzene rings is 1. The zero-order valence-corrected chi connectivity index (χ0v) is 12.8. The summed E-state index contributed by atoms with van der Waals surface area (Å²) in [5.74, 6) is 0. The summed E-state index contributed by atoms with van der Waals surface area (Å²) in [6, 6.07) is 12.1. The average molecular weight is 336 g/mol. The van der Waals surface area contributed by atoms with Crippen LogP contribution in [0.5, 0.6) is 0 Å². The third-order valence-electron chi connectivity index (χ3n) is 2.78. The lowest BCUT2D eigenvalue weighted by Gasteiger charge is -2.17. The fraction of sp³-hybridized carbons (Fsp3) is 0.143. The first kappa shape index (κ1) is 14.0. The molecular weight excluding hydrogens is 322 g/mol. The lowest BCUT2D eigenvalue weighted by Crippen LogP contribution is -2.16. The van der Waals surface area contributed by atoms with Crippen molar-refractivity contribution < 1.29 is 0 Å². The number of nitrogens with one attached hydrogen (secondary N) is 1. The summed E-state index contributed by atoms with van der Waals surface area (Å²) in [5.41, 5.74) is 8.33. The van der Waals surface area contributed by atoms with Gasteiger partial charge in [0, 0.05) is 16.7 Å². The first-order valence-electron chi connectivity index (χ1n) is 5.84. The number of nitrogens with two attached hydrogens (primary N) is 1. The molecule has 1 atom stereocenters. The summed E-state index contributed by atoms with van der Waals surface area (Å²) in [5, 5.41) is 3.38. The van der Waals surface area contributed by atoms with Gasteiger partial charge < -0.3 is 11.1 Å². The minimum absolute atomic E-state index is 0.144. The van der Waals surface area contributed by atoms with Crippen LogP contribution in [0.2, 0.25) is 0 Å². The normalized spacial score (nSPS) is 11.9. The summed E-state index contributed by atoms with van der Waals surface area (Å²) in [4.78, 5) is 4.50. The number of hydrogen-bond acceptors (Lipinski definition) is 3. The van der Waals surface area contributed by atoms with E-state index in [4.69, 9.17) is 18.0 Å². The second-order valence-corrected chi connectivity index (χ2v) is 5.54. The van der Waals surface area contributed by atoms with Gasteiger partial charge in [0.05, 0.1) is 5.69 Å². The standard InChI is InChI=1S/C14H14BrN3S/c1-9(10-4-6-11(15)7-5-10)18-12-3-2-8-17-13(12)14(16)19/h2-9,18H,1H3,(H2,16,19). The molecule has 19 heavy (non-hydrogen) atoms. The van der Waals surface area contributed by atoms with Crippen LogP contribution in [0.25, 0.3) is 0 Å². The van der Waals surface area contributed by atoms with Gasteiger partial charge in [0.1, 0.15) is 10.7 Å². The summed E-state index contributed by atoms with van der Waals surface area (Å²) in [6.07, 6.45) is 1.68. The Morgan fingerprint density at radius 2 is 2.00 bits per heavy atom. The highest BCUT2D eigenvalue weighted by molar-refractivity contribution is 9.10. The molecule has 1 aromatic heterocycles. The van der Waals surface area contributed by atoms with E-state index in [2.05, 4.69) is 45.3 Å². The third-order valence-corrected chi connectivity index (χ3v) is 3.51. The first-order valence-corrected chi connectivity index (χ1v) is 7.05. The molecule has 2 rings (SSSR count). The number of nitrogens with zero attached hydrogens (tertiary/aromatic N) is 1. The molecule has 0 spiro atoms. The Morgan fingerprint density at radius 3 is 2.63 bits per heavy atom. The van der Waals surface area contributed by atoms with Gasteiger partial charge in [0.2, 0.25) is 0 Å². The predicted octanol–water partition coefficient (Wildman–Crippen LogP) is 3.65. The van der Waals surface area contributed by atoms with Gasteiger partial charge in [-0.25, -0.2) is 0 Å². The van der Waals surface area contributed by atoms with E-state index in [1.807, 2.05) is 24.3 Å². The number of pyridine rings is 1. The van der Waals surface area contributed by atoms with Crippen molar-refractivity contribution in [3.63, 3.8) is 0 Å². The molecule has 1 unspecified atom stereocenters. The van der Waals surface area contributed by atoms with E-state index in [1.165, 1.54) is 5.56 Å². The van der Waals surface area contributed by atoms with E-state index in [9.17, 15) is 0 Å². The first-order chi connectivity index (χ1) is 9.08. The molecule has 3 nitrogen and oxygen atoms in total. The molecule has 3 N–H and O–H groups in total. The van der Waals surface area contributed by atoms with Gasteiger partial charge in [-0.2, -0.15) is 0 Å². The Labute approximate surface area is 126 Å². The Hall–Kier alpha value is -1.46. The van der Waals surface area contributed by atoms with Gasteiger partial charge in [-0.1, -0.05) is 40.3 Å². The molecule has 0 aliphatic rings. The van der Waals surface area contributed by atoms with Crippen LogP contribution in [0.3, 0.4) is 0 Å². The van der Waals surface area contributed by atoms with Crippen LogP contribution in [-0.2, 0) is 0 Å². The second kappa shape index (κ2) is 6.12. The maximum atomic E-state index is 5.67. The smallest absolute Gasteiger partial charge is 0.124 e. The van der Waals surface area contributed by atoms with E-state index in [0.29, 0.717) is 10.7 Å². The molecule has 0 radical (unpaired) electrons. The quantitative estimate of drug-likeness (QED) is 0.837. The highest BCUT2D eigenvalue weighted by Crippen LogP contribution is 2.22. The largest absolute Gasteiger partial charge is 0.388 e. The summed E-state index contributed by atoms with van der Waals surface area (Å²) >= 11 is 8.43. The number of halogens is 1. The van der Waals surface area contributed by atoms with Gasteiger partial charge in [-0.15, -0.1) is 0 Å². The SMILES string of the molecule is CC(Nc1cccnc1C(N)=S)c1ccc(Br)cc1. The molecule has 0 bridgehead atoms.